The summed E-state index contributed by atoms with van der Waals surface area (Å²) < 4.78 is 5.16. The summed E-state index contributed by atoms with van der Waals surface area (Å²) in [7, 11) is 1.67. The third-order valence-corrected chi connectivity index (χ3v) is 3.56. The van der Waals surface area contributed by atoms with Crippen LogP contribution in [0, 0.1) is 0 Å². The predicted octanol–water partition coefficient (Wildman–Crippen LogP) is 5.61. The topological polar surface area (TPSA) is 21.3 Å². The molecule has 3 aromatic carbocycles. The summed E-state index contributed by atoms with van der Waals surface area (Å²) in [6.07, 6.45) is 4.23. The molecule has 0 saturated carbocycles. The Morgan fingerprint density at radius 2 is 1.17 bits per heavy atom. The Hall–Kier alpha value is -3.00. The van der Waals surface area contributed by atoms with Crippen molar-refractivity contribution in [1.82, 2.24) is 0 Å². The largest absolute Gasteiger partial charge is 0.497 e. The van der Waals surface area contributed by atoms with Gasteiger partial charge in [0, 0.05) is 11.4 Å². The third-order valence-electron chi connectivity index (χ3n) is 3.56. The minimum Gasteiger partial charge on any atom is -0.497 e. The zero-order valence-corrected chi connectivity index (χ0v) is 13.1. The Bertz CT molecular complexity index is 759. The molecule has 0 spiro atoms. The van der Waals surface area contributed by atoms with Gasteiger partial charge in [0.05, 0.1) is 7.11 Å². The smallest absolute Gasteiger partial charge is 0.119 e. The van der Waals surface area contributed by atoms with E-state index in [4.69, 9.17) is 4.74 Å². The number of methoxy groups -OCH3 is 1. The Morgan fingerprint density at radius 1 is 0.652 bits per heavy atom. The summed E-state index contributed by atoms with van der Waals surface area (Å²) in [6.45, 7) is 0. The van der Waals surface area contributed by atoms with Crippen LogP contribution in [0.2, 0.25) is 0 Å². The van der Waals surface area contributed by atoms with E-state index in [9.17, 15) is 0 Å². The van der Waals surface area contributed by atoms with Gasteiger partial charge in [-0.25, -0.2) is 0 Å². The standard InChI is InChI=1S/C21H19NO/c1-23-21-15-13-20(14-16-21)22-19-11-9-18(10-12-19)8-7-17-5-3-2-4-6-17/h2-16,22H,1H3/b8-7+. The molecule has 1 N–H and O–H groups in total. The maximum atomic E-state index is 5.16. The van der Waals surface area contributed by atoms with E-state index < -0.39 is 0 Å². The van der Waals surface area contributed by atoms with Gasteiger partial charge in [-0.2, -0.15) is 0 Å². The third kappa shape index (κ3) is 4.24. The second kappa shape index (κ2) is 7.32. The first-order chi connectivity index (χ1) is 11.3. The van der Waals surface area contributed by atoms with E-state index in [0.29, 0.717) is 0 Å². The van der Waals surface area contributed by atoms with Crippen molar-refractivity contribution in [2.75, 3.05) is 12.4 Å². The second-order valence-corrected chi connectivity index (χ2v) is 5.22. The average molecular weight is 301 g/mol. The van der Waals surface area contributed by atoms with Crippen LogP contribution in [0.1, 0.15) is 11.1 Å². The van der Waals surface area contributed by atoms with Gasteiger partial charge in [-0.05, 0) is 47.5 Å². The molecule has 114 valence electrons. The molecule has 0 atom stereocenters. The van der Waals surface area contributed by atoms with Gasteiger partial charge in [0.1, 0.15) is 5.75 Å². The fourth-order valence-electron chi connectivity index (χ4n) is 2.28. The van der Waals surface area contributed by atoms with Crippen molar-refractivity contribution in [3.05, 3.63) is 90.0 Å². The SMILES string of the molecule is COc1ccc(Nc2ccc(/C=C/c3ccccc3)cc2)cc1. The number of benzene rings is 3. The lowest BCUT2D eigenvalue weighted by Gasteiger charge is -2.07. The summed E-state index contributed by atoms with van der Waals surface area (Å²) in [5.74, 6) is 0.858. The Kier molecular flexibility index (Phi) is 4.75. The van der Waals surface area contributed by atoms with Gasteiger partial charge < -0.3 is 10.1 Å². The maximum Gasteiger partial charge on any atom is 0.119 e. The molecule has 0 amide bonds. The number of anilines is 2. The lowest BCUT2D eigenvalue weighted by atomic mass is 10.1. The van der Waals surface area contributed by atoms with Crippen LogP contribution in [-0.2, 0) is 0 Å². The van der Waals surface area contributed by atoms with Crippen LogP contribution < -0.4 is 10.1 Å². The summed E-state index contributed by atoms with van der Waals surface area (Å²) >= 11 is 0. The quantitative estimate of drug-likeness (QED) is 0.618. The van der Waals surface area contributed by atoms with Gasteiger partial charge in [0.15, 0.2) is 0 Å². The molecule has 0 aliphatic heterocycles. The first kappa shape index (κ1) is 14.9. The molecule has 0 fully saturated rings. The zero-order chi connectivity index (χ0) is 15.9. The van der Waals surface area contributed by atoms with Crippen LogP contribution in [0.15, 0.2) is 78.9 Å². The number of hydrogen-bond acceptors (Lipinski definition) is 2. The van der Waals surface area contributed by atoms with Crippen LogP contribution in [0.4, 0.5) is 11.4 Å². The van der Waals surface area contributed by atoms with Gasteiger partial charge in [0.2, 0.25) is 0 Å². The Morgan fingerprint density at radius 3 is 1.74 bits per heavy atom. The van der Waals surface area contributed by atoms with Crippen molar-refractivity contribution in [2.24, 2.45) is 0 Å². The summed E-state index contributed by atoms with van der Waals surface area (Å²) in [4.78, 5) is 0. The molecule has 3 rings (SSSR count). The van der Waals surface area contributed by atoms with Gasteiger partial charge in [-0.1, -0.05) is 54.6 Å². The predicted molar refractivity (Wildman–Crippen MR) is 98.1 cm³/mol. The van der Waals surface area contributed by atoms with E-state index in [1.54, 1.807) is 7.11 Å². The molecular formula is C21H19NO. The molecule has 0 aliphatic carbocycles. The van der Waals surface area contributed by atoms with Crippen molar-refractivity contribution in [3.8, 4) is 5.75 Å². The molecule has 0 unspecified atom stereocenters. The first-order valence-corrected chi connectivity index (χ1v) is 7.58. The second-order valence-electron chi connectivity index (χ2n) is 5.22. The number of ether oxygens (including phenoxy) is 1. The van der Waals surface area contributed by atoms with Gasteiger partial charge in [-0.3, -0.25) is 0 Å². The van der Waals surface area contributed by atoms with Crippen molar-refractivity contribution < 1.29 is 4.74 Å². The molecule has 0 bridgehead atoms. The molecule has 2 heteroatoms. The number of rotatable bonds is 5. The van der Waals surface area contributed by atoms with Gasteiger partial charge in [-0.15, -0.1) is 0 Å². The highest BCUT2D eigenvalue weighted by Crippen LogP contribution is 2.20. The van der Waals surface area contributed by atoms with Crippen molar-refractivity contribution in [2.45, 2.75) is 0 Å². The molecule has 0 aromatic heterocycles. The van der Waals surface area contributed by atoms with E-state index in [2.05, 4.69) is 53.9 Å². The zero-order valence-electron chi connectivity index (χ0n) is 13.1. The van der Waals surface area contributed by atoms with E-state index in [1.807, 2.05) is 42.5 Å². The number of hydrogen-bond donors (Lipinski definition) is 1. The van der Waals surface area contributed by atoms with Crippen LogP contribution in [-0.4, -0.2) is 7.11 Å². The fraction of sp³-hybridized carbons (Fsp3) is 0.0476. The van der Waals surface area contributed by atoms with Gasteiger partial charge in [0.25, 0.3) is 0 Å². The maximum absolute atomic E-state index is 5.16. The molecule has 0 saturated heterocycles. The highest BCUT2D eigenvalue weighted by Gasteiger charge is 1.96. The average Bonchev–Trinajstić information content (AvgIpc) is 2.63. The Labute approximate surface area is 137 Å². The Balaban J connectivity index is 1.65. The van der Waals surface area contributed by atoms with Crippen molar-refractivity contribution >= 4 is 23.5 Å². The van der Waals surface area contributed by atoms with E-state index in [1.165, 1.54) is 11.1 Å². The highest BCUT2D eigenvalue weighted by molar-refractivity contribution is 5.71. The van der Waals surface area contributed by atoms with E-state index in [-0.39, 0.29) is 0 Å². The first-order valence-electron chi connectivity index (χ1n) is 7.58. The monoisotopic (exact) mass is 301 g/mol. The molecule has 23 heavy (non-hydrogen) atoms. The lowest BCUT2D eigenvalue weighted by molar-refractivity contribution is 0.415. The molecular weight excluding hydrogens is 282 g/mol. The molecule has 0 heterocycles. The molecule has 0 aliphatic rings. The highest BCUT2D eigenvalue weighted by atomic mass is 16.5. The normalized spacial score (nSPS) is 10.7. The van der Waals surface area contributed by atoms with Gasteiger partial charge >= 0.3 is 0 Å². The summed E-state index contributed by atoms with van der Waals surface area (Å²) in [6, 6.07) is 26.6. The van der Waals surface area contributed by atoms with Crippen molar-refractivity contribution in [1.29, 1.82) is 0 Å². The lowest BCUT2D eigenvalue weighted by Crippen LogP contribution is -1.90. The van der Waals surface area contributed by atoms with Crippen LogP contribution in [0.5, 0.6) is 5.75 Å². The minimum atomic E-state index is 0.858. The molecule has 3 aromatic rings. The molecule has 0 radical (unpaired) electrons. The van der Waals surface area contributed by atoms with Crippen LogP contribution in [0.25, 0.3) is 12.2 Å². The van der Waals surface area contributed by atoms with Crippen LogP contribution in [0.3, 0.4) is 0 Å². The summed E-state index contributed by atoms with van der Waals surface area (Å²) in [5.41, 5.74) is 4.48. The summed E-state index contributed by atoms with van der Waals surface area (Å²) in [5, 5.41) is 3.38. The van der Waals surface area contributed by atoms with E-state index in [0.717, 1.165) is 17.1 Å². The van der Waals surface area contributed by atoms with E-state index >= 15 is 0 Å². The van der Waals surface area contributed by atoms with Crippen LogP contribution >= 0.6 is 0 Å². The molecule has 2 nitrogen and oxygen atoms in total. The minimum absolute atomic E-state index is 0.858. The van der Waals surface area contributed by atoms with Crippen molar-refractivity contribution in [3.63, 3.8) is 0 Å². The fourth-order valence-corrected chi connectivity index (χ4v) is 2.28. The number of nitrogens with one attached hydrogen (secondary N) is 1.